The fraction of sp³-hybridized carbons (Fsp3) is 0.538. The van der Waals surface area contributed by atoms with Crippen LogP contribution >= 0.6 is 7.37 Å². The van der Waals surface area contributed by atoms with Gasteiger partial charge in [0.05, 0.1) is 37.2 Å². The molecule has 2 fully saturated rings. The number of epoxide rings is 1. The fourth-order valence-corrected chi connectivity index (χ4v) is 5.07. The SMILES string of the molecule is CO[P@]1(=O)C[C@H]2O[C@H]2[C@H]1COCc1ccccc1. The highest BCUT2D eigenvalue weighted by atomic mass is 31.2. The van der Waals surface area contributed by atoms with Crippen molar-refractivity contribution in [1.29, 1.82) is 0 Å². The van der Waals surface area contributed by atoms with Gasteiger partial charge in [0, 0.05) is 7.11 Å². The summed E-state index contributed by atoms with van der Waals surface area (Å²) in [6, 6.07) is 9.97. The number of hydrogen-bond acceptors (Lipinski definition) is 4. The van der Waals surface area contributed by atoms with Crippen molar-refractivity contribution in [1.82, 2.24) is 0 Å². The molecule has 4 nitrogen and oxygen atoms in total. The first-order chi connectivity index (χ1) is 8.73. The van der Waals surface area contributed by atoms with Crippen LogP contribution in [0, 0.1) is 0 Å². The zero-order chi connectivity index (χ0) is 12.6. The molecule has 1 aromatic carbocycles. The molecule has 0 saturated carbocycles. The average molecular weight is 268 g/mol. The molecule has 0 unspecified atom stereocenters. The van der Waals surface area contributed by atoms with E-state index in [1.54, 1.807) is 0 Å². The van der Waals surface area contributed by atoms with E-state index in [2.05, 4.69) is 0 Å². The summed E-state index contributed by atoms with van der Waals surface area (Å²) >= 11 is 0. The second kappa shape index (κ2) is 4.78. The van der Waals surface area contributed by atoms with Crippen LogP contribution in [0.5, 0.6) is 0 Å². The van der Waals surface area contributed by atoms with Crippen molar-refractivity contribution in [2.24, 2.45) is 0 Å². The molecule has 0 spiro atoms. The van der Waals surface area contributed by atoms with Crippen molar-refractivity contribution in [3.8, 4) is 0 Å². The molecule has 0 amide bonds. The third-order valence-electron chi connectivity index (χ3n) is 3.65. The smallest absolute Gasteiger partial charge is 0.213 e. The standard InChI is InChI=1S/C13H17O4P/c1-15-18(14)9-11-13(17-11)12(18)8-16-7-10-5-3-2-4-6-10/h2-6,11-13H,7-9H2,1H3/t11-,12-,13-,18-/m1/s1. The van der Waals surface area contributed by atoms with Crippen LogP contribution in [0.4, 0.5) is 0 Å². The Morgan fingerprint density at radius 2 is 2.17 bits per heavy atom. The minimum Gasteiger partial charge on any atom is -0.376 e. The van der Waals surface area contributed by atoms with Gasteiger partial charge in [0.2, 0.25) is 7.37 Å². The number of fused-ring (bicyclic) bond motifs is 1. The van der Waals surface area contributed by atoms with Gasteiger partial charge < -0.3 is 14.0 Å². The van der Waals surface area contributed by atoms with Gasteiger partial charge in [-0.25, -0.2) is 0 Å². The highest BCUT2D eigenvalue weighted by Gasteiger charge is 2.62. The van der Waals surface area contributed by atoms with Gasteiger partial charge in [-0.05, 0) is 5.56 Å². The molecule has 2 aliphatic heterocycles. The van der Waals surface area contributed by atoms with Crippen LogP contribution < -0.4 is 0 Å². The van der Waals surface area contributed by atoms with Crippen molar-refractivity contribution < 1.29 is 18.6 Å². The molecule has 2 heterocycles. The van der Waals surface area contributed by atoms with Gasteiger partial charge in [-0.15, -0.1) is 0 Å². The lowest BCUT2D eigenvalue weighted by Gasteiger charge is -2.20. The molecule has 98 valence electrons. The molecule has 0 radical (unpaired) electrons. The molecule has 0 N–H and O–H groups in total. The van der Waals surface area contributed by atoms with E-state index in [1.165, 1.54) is 7.11 Å². The summed E-state index contributed by atoms with van der Waals surface area (Å²) in [6.07, 6.45) is 0.778. The molecule has 18 heavy (non-hydrogen) atoms. The fourth-order valence-electron chi connectivity index (χ4n) is 2.54. The summed E-state index contributed by atoms with van der Waals surface area (Å²) in [5, 5.41) is 0. The Bertz CT molecular complexity index is 461. The van der Waals surface area contributed by atoms with E-state index in [1.807, 2.05) is 30.3 Å². The summed E-state index contributed by atoms with van der Waals surface area (Å²) in [4.78, 5) is 0. The van der Waals surface area contributed by atoms with Crippen LogP contribution in [0.25, 0.3) is 0 Å². The third-order valence-corrected chi connectivity index (χ3v) is 6.59. The molecule has 2 aliphatic rings. The lowest BCUT2D eigenvalue weighted by molar-refractivity contribution is 0.111. The van der Waals surface area contributed by atoms with Gasteiger partial charge >= 0.3 is 0 Å². The van der Waals surface area contributed by atoms with Crippen molar-refractivity contribution in [2.45, 2.75) is 24.5 Å². The quantitative estimate of drug-likeness (QED) is 0.607. The number of ether oxygens (including phenoxy) is 2. The number of benzene rings is 1. The van der Waals surface area contributed by atoms with Gasteiger partial charge in [0.1, 0.15) is 0 Å². The van der Waals surface area contributed by atoms with Crippen LogP contribution in [0.15, 0.2) is 30.3 Å². The Kier molecular flexibility index (Phi) is 3.29. The molecule has 2 saturated heterocycles. The molecule has 5 heteroatoms. The first kappa shape index (κ1) is 12.4. The van der Waals surface area contributed by atoms with Crippen molar-refractivity contribution in [2.75, 3.05) is 19.9 Å². The molecular weight excluding hydrogens is 251 g/mol. The van der Waals surface area contributed by atoms with Crippen molar-refractivity contribution in [3.63, 3.8) is 0 Å². The highest BCUT2D eigenvalue weighted by molar-refractivity contribution is 7.60. The molecule has 0 bridgehead atoms. The van der Waals surface area contributed by atoms with Crippen LogP contribution in [-0.2, 0) is 25.2 Å². The summed E-state index contributed by atoms with van der Waals surface area (Å²) in [6.45, 7) is 0.986. The number of hydrogen-bond donors (Lipinski definition) is 0. The minimum atomic E-state index is -2.54. The summed E-state index contributed by atoms with van der Waals surface area (Å²) in [5.41, 5.74) is 1.03. The zero-order valence-electron chi connectivity index (χ0n) is 10.3. The Hall–Kier alpha value is -0.670. The maximum atomic E-state index is 12.4. The van der Waals surface area contributed by atoms with E-state index in [0.29, 0.717) is 19.4 Å². The molecule has 3 rings (SSSR count). The predicted octanol–water partition coefficient (Wildman–Crippen LogP) is 2.28. The average Bonchev–Trinajstić information content (AvgIpc) is 3.08. The van der Waals surface area contributed by atoms with E-state index in [0.717, 1.165) is 5.56 Å². The van der Waals surface area contributed by atoms with E-state index >= 15 is 0 Å². The first-order valence-corrected chi connectivity index (χ1v) is 8.02. The lowest BCUT2D eigenvalue weighted by Crippen LogP contribution is -2.20. The second-order valence-corrected chi connectivity index (χ2v) is 7.64. The largest absolute Gasteiger partial charge is 0.376 e. The monoisotopic (exact) mass is 268 g/mol. The summed E-state index contributed by atoms with van der Waals surface area (Å²) < 4.78 is 28.7. The molecule has 0 aromatic heterocycles. The molecular formula is C13H17O4P. The van der Waals surface area contributed by atoms with E-state index in [-0.39, 0.29) is 17.9 Å². The van der Waals surface area contributed by atoms with Crippen molar-refractivity contribution in [3.05, 3.63) is 35.9 Å². The third kappa shape index (κ3) is 2.26. The Morgan fingerprint density at radius 1 is 1.39 bits per heavy atom. The van der Waals surface area contributed by atoms with Crippen LogP contribution in [0.2, 0.25) is 0 Å². The van der Waals surface area contributed by atoms with Gasteiger partial charge in [-0.3, -0.25) is 4.57 Å². The lowest BCUT2D eigenvalue weighted by atomic mass is 10.2. The Balaban J connectivity index is 1.55. The van der Waals surface area contributed by atoms with Gasteiger partial charge in [-0.1, -0.05) is 30.3 Å². The van der Waals surface area contributed by atoms with Gasteiger partial charge in [-0.2, -0.15) is 0 Å². The first-order valence-electron chi connectivity index (χ1n) is 6.14. The Labute approximate surface area is 107 Å². The molecule has 1 aromatic rings. The zero-order valence-corrected chi connectivity index (χ0v) is 11.2. The summed E-state index contributed by atoms with van der Waals surface area (Å²) in [5.74, 6) is 0. The van der Waals surface area contributed by atoms with Crippen LogP contribution in [-0.4, -0.2) is 37.7 Å². The van der Waals surface area contributed by atoms with E-state index in [4.69, 9.17) is 14.0 Å². The van der Waals surface area contributed by atoms with E-state index in [9.17, 15) is 4.57 Å². The molecule has 0 aliphatic carbocycles. The summed E-state index contributed by atoms with van der Waals surface area (Å²) in [7, 11) is -1.02. The maximum Gasteiger partial charge on any atom is 0.213 e. The van der Waals surface area contributed by atoms with Crippen LogP contribution in [0.1, 0.15) is 5.56 Å². The van der Waals surface area contributed by atoms with Crippen LogP contribution in [0.3, 0.4) is 0 Å². The highest BCUT2D eigenvalue weighted by Crippen LogP contribution is 2.64. The van der Waals surface area contributed by atoms with Crippen molar-refractivity contribution >= 4 is 7.37 Å². The maximum absolute atomic E-state index is 12.4. The normalized spacial score (nSPS) is 37.5. The predicted molar refractivity (Wildman–Crippen MR) is 68.0 cm³/mol. The minimum absolute atomic E-state index is 0.0868. The van der Waals surface area contributed by atoms with Gasteiger partial charge in [0.25, 0.3) is 0 Å². The topological polar surface area (TPSA) is 48.1 Å². The Morgan fingerprint density at radius 3 is 2.89 bits per heavy atom. The second-order valence-electron chi connectivity index (χ2n) is 4.80. The van der Waals surface area contributed by atoms with E-state index < -0.39 is 7.37 Å². The molecule has 4 atom stereocenters. The van der Waals surface area contributed by atoms with Gasteiger partial charge in [0.15, 0.2) is 0 Å². The number of rotatable bonds is 5.